The Hall–Kier alpha value is -3.04. The molecular formula is C14H15FN6O3. The van der Waals surface area contributed by atoms with Crippen molar-refractivity contribution in [3.05, 3.63) is 40.6 Å². The maximum atomic E-state index is 13.3. The summed E-state index contributed by atoms with van der Waals surface area (Å²) in [5, 5.41) is 7.18. The highest BCUT2D eigenvalue weighted by atomic mass is 19.1. The zero-order valence-electron chi connectivity index (χ0n) is 12.6. The molecule has 2 amide bonds. The van der Waals surface area contributed by atoms with Crippen molar-refractivity contribution in [1.29, 1.82) is 0 Å². The molecule has 1 atom stereocenters. The normalized spacial score (nSPS) is 17.2. The number of amides is 2. The third kappa shape index (κ3) is 3.03. The molecule has 1 fully saturated rings. The van der Waals surface area contributed by atoms with E-state index in [2.05, 4.69) is 10.4 Å². The van der Waals surface area contributed by atoms with Crippen molar-refractivity contribution in [1.82, 2.24) is 24.7 Å². The Morgan fingerprint density at radius 1 is 1.33 bits per heavy atom. The number of carbonyl (C=O) groups is 2. The number of rotatable bonds is 3. The topological polar surface area (TPSA) is 116 Å². The van der Waals surface area contributed by atoms with Gasteiger partial charge in [-0.3, -0.25) is 4.79 Å². The average molecular weight is 334 g/mol. The van der Waals surface area contributed by atoms with Crippen LogP contribution >= 0.6 is 0 Å². The fourth-order valence-corrected chi connectivity index (χ4v) is 2.73. The summed E-state index contributed by atoms with van der Waals surface area (Å²) in [6, 6.07) is 4.62. The van der Waals surface area contributed by atoms with E-state index in [4.69, 9.17) is 5.73 Å². The molecule has 0 aliphatic carbocycles. The molecule has 9 nitrogen and oxygen atoms in total. The highest BCUT2D eigenvalue weighted by molar-refractivity contribution is 5.77. The first-order valence-corrected chi connectivity index (χ1v) is 7.34. The van der Waals surface area contributed by atoms with Gasteiger partial charge in [-0.2, -0.15) is 4.68 Å². The number of hydrogen-bond donors (Lipinski definition) is 1. The Morgan fingerprint density at radius 2 is 2.12 bits per heavy atom. The molecule has 1 saturated heterocycles. The van der Waals surface area contributed by atoms with Crippen molar-refractivity contribution in [3.8, 4) is 5.69 Å². The van der Waals surface area contributed by atoms with Gasteiger partial charge >= 0.3 is 11.7 Å². The Balaban J connectivity index is 1.80. The zero-order chi connectivity index (χ0) is 17.3. The average Bonchev–Trinajstić information content (AvgIpc) is 3.13. The van der Waals surface area contributed by atoms with E-state index in [-0.39, 0.29) is 18.0 Å². The van der Waals surface area contributed by atoms with Gasteiger partial charge < -0.3 is 10.6 Å². The number of nitrogens with two attached hydrogens (primary N) is 1. The second-order valence-electron chi connectivity index (χ2n) is 5.62. The standard InChI is InChI=1S/C14H15FN6O3/c15-10-2-1-3-11(7-10)20-14(24)21(18-17-20)13(23)19-5-4-9(8-19)6-12(16)22/h1-3,7,9H,4-6,8H2,(H2,16,22)/t9-/m0/s1. The Labute approximate surface area is 135 Å². The minimum Gasteiger partial charge on any atom is -0.370 e. The molecule has 2 N–H and O–H groups in total. The van der Waals surface area contributed by atoms with Crippen molar-refractivity contribution in [3.63, 3.8) is 0 Å². The molecule has 1 aromatic carbocycles. The summed E-state index contributed by atoms with van der Waals surface area (Å²) in [5.74, 6) is -0.988. The van der Waals surface area contributed by atoms with Gasteiger partial charge in [0.05, 0.1) is 5.69 Å². The summed E-state index contributed by atoms with van der Waals surface area (Å²) in [7, 11) is 0. The zero-order valence-corrected chi connectivity index (χ0v) is 12.6. The van der Waals surface area contributed by atoms with Crippen LogP contribution in [0.2, 0.25) is 0 Å². The maximum absolute atomic E-state index is 13.3. The maximum Gasteiger partial charge on any atom is 0.377 e. The molecule has 3 rings (SSSR count). The predicted molar refractivity (Wildman–Crippen MR) is 79.9 cm³/mol. The number of likely N-dealkylation sites (tertiary alicyclic amines) is 1. The highest BCUT2D eigenvalue weighted by Crippen LogP contribution is 2.19. The van der Waals surface area contributed by atoms with Gasteiger partial charge in [-0.05, 0) is 41.0 Å². The molecule has 0 unspecified atom stereocenters. The van der Waals surface area contributed by atoms with Crippen LogP contribution in [-0.2, 0) is 4.79 Å². The van der Waals surface area contributed by atoms with Crippen LogP contribution in [-0.4, -0.2) is 49.7 Å². The second-order valence-corrected chi connectivity index (χ2v) is 5.62. The lowest BCUT2D eigenvalue weighted by Crippen LogP contribution is -2.40. The molecule has 1 aliphatic rings. The molecule has 0 saturated carbocycles. The SMILES string of the molecule is NC(=O)C[C@@H]1CCN(C(=O)n2nnn(-c3cccc(F)c3)c2=O)C1. The van der Waals surface area contributed by atoms with Crippen molar-refractivity contribution in [2.45, 2.75) is 12.8 Å². The third-order valence-corrected chi connectivity index (χ3v) is 3.86. The number of aromatic nitrogens is 4. The fourth-order valence-electron chi connectivity index (χ4n) is 2.73. The van der Waals surface area contributed by atoms with E-state index in [0.717, 1.165) is 10.7 Å². The molecular weight excluding hydrogens is 319 g/mol. The Kier molecular flexibility index (Phi) is 4.11. The number of halogens is 1. The van der Waals surface area contributed by atoms with Gasteiger partial charge in [-0.15, -0.1) is 4.68 Å². The molecule has 10 heteroatoms. The molecule has 0 radical (unpaired) electrons. The summed E-state index contributed by atoms with van der Waals surface area (Å²) in [5.41, 5.74) is 4.54. The number of nitrogens with zero attached hydrogens (tertiary/aromatic N) is 5. The van der Waals surface area contributed by atoms with E-state index >= 15 is 0 Å². The van der Waals surface area contributed by atoms with Gasteiger partial charge in [0.25, 0.3) is 0 Å². The molecule has 126 valence electrons. The summed E-state index contributed by atoms with van der Waals surface area (Å²) in [6.45, 7) is 0.719. The lowest BCUT2D eigenvalue weighted by Gasteiger charge is -2.14. The summed E-state index contributed by atoms with van der Waals surface area (Å²) in [4.78, 5) is 37.1. The molecule has 1 aromatic heterocycles. The lowest BCUT2D eigenvalue weighted by molar-refractivity contribution is -0.118. The minimum absolute atomic E-state index is 0.0274. The van der Waals surface area contributed by atoms with Gasteiger partial charge in [0.15, 0.2) is 0 Å². The van der Waals surface area contributed by atoms with E-state index in [1.165, 1.54) is 23.1 Å². The van der Waals surface area contributed by atoms with E-state index < -0.39 is 23.4 Å². The number of tetrazole rings is 1. The predicted octanol–water partition coefficient (Wildman–Crippen LogP) is -0.266. The van der Waals surface area contributed by atoms with Gasteiger partial charge in [0.1, 0.15) is 5.82 Å². The molecule has 0 bridgehead atoms. The van der Waals surface area contributed by atoms with Crippen LogP contribution in [0.15, 0.2) is 29.1 Å². The Bertz CT molecular complexity index is 845. The first-order valence-electron chi connectivity index (χ1n) is 7.34. The van der Waals surface area contributed by atoms with Crippen molar-refractivity contribution in [2.24, 2.45) is 11.7 Å². The summed E-state index contributed by atoms with van der Waals surface area (Å²) < 4.78 is 14.7. The van der Waals surface area contributed by atoms with Crippen molar-refractivity contribution in [2.75, 3.05) is 13.1 Å². The third-order valence-electron chi connectivity index (χ3n) is 3.86. The number of benzene rings is 1. The van der Waals surface area contributed by atoms with Crippen LogP contribution in [0.3, 0.4) is 0 Å². The first-order chi connectivity index (χ1) is 11.5. The highest BCUT2D eigenvalue weighted by Gasteiger charge is 2.30. The van der Waals surface area contributed by atoms with E-state index in [9.17, 15) is 18.8 Å². The fraction of sp³-hybridized carbons (Fsp3) is 0.357. The van der Waals surface area contributed by atoms with Crippen molar-refractivity contribution >= 4 is 11.9 Å². The van der Waals surface area contributed by atoms with Gasteiger partial charge in [0.2, 0.25) is 5.91 Å². The summed E-state index contributed by atoms with van der Waals surface area (Å²) >= 11 is 0. The molecule has 2 heterocycles. The second kappa shape index (κ2) is 6.22. The van der Waals surface area contributed by atoms with Gasteiger partial charge in [0, 0.05) is 19.5 Å². The van der Waals surface area contributed by atoms with Gasteiger partial charge in [-0.1, -0.05) is 6.07 Å². The first kappa shape index (κ1) is 15.8. The minimum atomic E-state index is -0.788. The van der Waals surface area contributed by atoms with Gasteiger partial charge in [-0.25, -0.2) is 14.0 Å². The van der Waals surface area contributed by atoms with Crippen LogP contribution in [0.25, 0.3) is 5.69 Å². The quantitative estimate of drug-likeness (QED) is 0.776. The lowest BCUT2D eigenvalue weighted by atomic mass is 10.1. The molecule has 0 spiro atoms. The smallest absolute Gasteiger partial charge is 0.370 e. The molecule has 1 aliphatic heterocycles. The van der Waals surface area contributed by atoms with Crippen LogP contribution in [0, 0.1) is 11.7 Å². The van der Waals surface area contributed by atoms with E-state index in [1.807, 2.05) is 0 Å². The molecule has 2 aromatic rings. The summed E-state index contributed by atoms with van der Waals surface area (Å²) in [6.07, 6.45) is 0.816. The van der Waals surface area contributed by atoms with Crippen LogP contribution in [0.4, 0.5) is 9.18 Å². The van der Waals surface area contributed by atoms with Crippen LogP contribution in [0.1, 0.15) is 12.8 Å². The van der Waals surface area contributed by atoms with Crippen LogP contribution < -0.4 is 11.4 Å². The largest absolute Gasteiger partial charge is 0.377 e. The molecule has 24 heavy (non-hydrogen) atoms. The number of primary amides is 1. The van der Waals surface area contributed by atoms with Crippen LogP contribution in [0.5, 0.6) is 0 Å². The van der Waals surface area contributed by atoms with E-state index in [1.54, 1.807) is 0 Å². The monoisotopic (exact) mass is 334 g/mol. The number of carbonyl (C=O) groups excluding carboxylic acids is 2. The van der Waals surface area contributed by atoms with Crippen molar-refractivity contribution < 1.29 is 14.0 Å². The van der Waals surface area contributed by atoms with E-state index in [0.29, 0.717) is 24.2 Å². The number of hydrogen-bond acceptors (Lipinski definition) is 5. The Morgan fingerprint density at radius 3 is 2.83 bits per heavy atom.